The number of halogens is 22. The van der Waals surface area contributed by atoms with E-state index in [0.29, 0.717) is 0 Å². The van der Waals surface area contributed by atoms with Gasteiger partial charge in [0, 0.05) is 0 Å². The summed E-state index contributed by atoms with van der Waals surface area (Å²) in [5.41, 5.74) is 0. The zero-order chi connectivity index (χ0) is 27.7. The number of alkyl halides is 20. The topological polar surface area (TPSA) is 0 Å². The maximum Gasteiger partial charge on any atom is 0.385 e. The Morgan fingerprint density at radius 2 is 0.576 bits per heavy atom. The molecule has 0 amide bonds. The van der Waals surface area contributed by atoms with Gasteiger partial charge in [-0.25, -0.2) is 8.78 Å². The van der Waals surface area contributed by atoms with Crippen LogP contribution in [0.2, 0.25) is 0 Å². The zero-order valence-corrected chi connectivity index (χ0v) is 13.9. The fraction of sp³-hybridized carbons (Fsp3) is 0.909. The predicted molar refractivity (Wildman–Crippen MR) is 56.0 cm³/mol. The van der Waals surface area contributed by atoms with E-state index in [9.17, 15) is 96.6 Å². The minimum Gasteiger partial charge on any atom is -0.203 e. The number of hydrogen-bond acceptors (Lipinski definition) is 0. The van der Waals surface area contributed by atoms with Crippen LogP contribution in [0.3, 0.4) is 0 Å². The van der Waals surface area contributed by atoms with Crippen LogP contribution in [0.25, 0.3) is 0 Å². The molecule has 0 aromatic heterocycles. The summed E-state index contributed by atoms with van der Waals surface area (Å²) in [6, 6.07) is 0. The molecule has 199 valence electrons. The quantitative estimate of drug-likeness (QED) is 0.249. The monoisotopic (exact) mass is 551 g/mol. The van der Waals surface area contributed by atoms with E-state index in [-0.39, 0.29) is 0 Å². The summed E-state index contributed by atoms with van der Waals surface area (Å²) >= 11 is 0. The highest BCUT2D eigenvalue weighted by atomic mass is 19.4. The Balaban J connectivity index is 7.00. The molecule has 0 fully saturated rings. The molecular formula is C11HF22. The van der Waals surface area contributed by atoms with Gasteiger partial charge < -0.3 is 0 Å². The molecule has 0 nitrogen and oxygen atoms in total. The summed E-state index contributed by atoms with van der Waals surface area (Å²) in [4.78, 5) is 0. The summed E-state index contributed by atoms with van der Waals surface area (Å²) < 4.78 is 280. The fourth-order valence-electron chi connectivity index (χ4n) is 1.65. The molecule has 0 bridgehead atoms. The van der Waals surface area contributed by atoms with Crippen LogP contribution in [-0.4, -0.2) is 59.7 Å². The van der Waals surface area contributed by atoms with E-state index in [4.69, 9.17) is 0 Å². The second-order valence-corrected chi connectivity index (χ2v) is 5.78. The molecule has 0 rings (SSSR count). The molecular weight excluding hydrogens is 550 g/mol. The summed E-state index contributed by atoms with van der Waals surface area (Å²) in [6.07, 6.45) is -11.4. The van der Waals surface area contributed by atoms with Gasteiger partial charge in [-0.05, 0) is 0 Å². The van der Waals surface area contributed by atoms with Crippen LogP contribution in [0.15, 0.2) is 0 Å². The van der Waals surface area contributed by atoms with Crippen molar-refractivity contribution in [2.24, 2.45) is 0 Å². The summed E-state index contributed by atoms with van der Waals surface area (Å²) in [5.74, 6) is -78.2. The van der Waals surface area contributed by atoms with Crippen molar-refractivity contribution >= 4 is 0 Å². The second-order valence-electron chi connectivity index (χ2n) is 5.78. The van der Waals surface area contributed by atoms with Crippen molar-refractivity contribution in [2.75, 3.05) is 0 Å². The van der Waals surface area contributed by atoms with E-state index in [1.807, 2.05) is 0 Å². The minimum atomic E-state index is -9.21. The van der Waals surface area contributed by atoms with Gasteiger partial charge in [0.2, 0.25) is 0 Å². The predicted octanol–water partition coefficient (Wildman–Crippen LogP) is 7.40. The van der Waals surface area contributed by atoms with Crippen molar-refractivity contribution in [3.05, 3.63) is 6.43 Å². The van der Waals surface area contributed by atoms with E-state index in [1.54, 1.807) is 0 Å². The van der Waals surface area contributed by atoms with Crippen molar-refractivity contribution in [2.45, 2.75) is 59.7 Å². The van der Waals surface area contributed by atoms with Crippen LogP contribution in [0.5, 0.6) is 0 Å². The Labute approximate surface area is 164 Å². The average molecular weight is 551 g/mol. The maximum absolute atomic E-state index is 13.2. The smallest absolute Gasteiger partial charge is 0.203 e. The lowest BCUT2D eigenvalue weighted by molar-refractivity contribution is -0.465. The number of hydrogen-bond donors (Lipinski definition) is 0. The second kappa shape index (κ2) is 7.74. The van der Waals surface area contributed by atoms with E-state index >= 15 is 0 Å². The Morgan fingerprint density at radius 3 is 0.788 bits per heavy atom. The van der Waals surface area contributed by atoms with Gasteiger partial charge in [0.05, 0.1) is 0 Å². The lowest BCUT2D eigenvalue weighted by Crippen LogP contribution is -2.76. The standard InChI is InChI=1S/C11HF22/c12-1(13)3(16,17)5(20,21)7(24,25)9(28,29)11(32,33)10(30,31)8(26,27)6(22,23)4(18,19)2(14)15/h1H. The summed E-state index contributed by atoms with van der Waals surface area (Å²) in [6.45, 7) is 0. The van der Waals surface area contributed by atoms with Crippen molar-refractivity contribution in [3.8, 4) is 0 Å². The van der Waals surface area contributed by atoms with Gasteiger partial charge >= 0.3 is 66.2 Å². The third-order valence-electron chi connectivity index (χ3n) is 3.69. The largest absolute Gasteiger partial charge is 0.385 e. The molecule has 0 heterocycles. The number of rotatable bonds is 10. The molecule has 0 spiro atoms. The molecule has 33 heavy (non-hydrogen) atoms. The van der Waals surface area contributed by atoms with Gasteiger partial charge in [-0.1, -0.05) is 0 Å². The van der Waals surface area contributed by atoms with E-state index in [0.717, 1.165) is 0 Å². The molecule has 0 aliphatic heterocycles. The minimum absolute atomic E-state index is 5.26. The molecule has 0 aromatic carbocycles. The van der Waals surface area contributed by atoms with Gasteiger partial charge in [0.1, 0.15) is 0 Å². The normalized spacial score (nSPS) is 16.7. The van der Waals surface area contributed by atoms with Crippen LogP contribution in [0.1, 0.15) is 0 Å². The third-order valence-corrected chi connectivity index (χ3v) is 3.69. The molecule has 0 aliphatic rings. The first-order chi connectivity index (χ1) is 13.9. The fourth-order valence-corrected chi connectivity index (χ4v) is 1.65. The molecule has 0 atom stereocenters. The van der Waals surface area contributed by atoms with Crippen molar-refractivity contribution in [3.63, 3.8) is 0 Å². The van der Waals surface area contributed by atoms with Crippen LogP contribution >= 0.6 is 0 Å². The maximum atomic E-state index is 13.2. The Hall–Kier alpha value is -1.54. The molecule has 22 heteroatoms. The highest BCUT2D eigenvalue weighted by Gasteiger charge is 2.97. The van der Waals surface area contributed by atoms with E-state index in [2.05, 4.69) is 0 Å². The van der Waals surface area contributed by atoms with Gasteiger partial charge in [0.25, 0.3) is 0 Å². The first kappa shape index (κ1) is 31.5. The molecule has 0 aromatic rings. The third kappa shape index (κ3) is 3.63. The average Bonchev–Trinajstić information content (AvgIpc) is 2.59. The Bertz CT molecular complexity index is 641. The SMILES string of the molecule is F[C](F)C(F)(F)C(F)(F)C(F)(F)C(F)(F)C(F)(F)C(F)(F)C(F)(F)C(F)(F)C(F)(F)C(F)F. The van der Waals surface area contributed by atoms with Gasteiger partial charge in [-0.15, -0.1) is 0 Å². The van der Waals surface area contributed by atoms with Gasteiger partial charge in [-0.3, -0.25) is 0 Å². The Kier molecular flexibility index (Phi) is 7.37. The van der Waals surface area contributed by atoms with Gasteiger partial charge in [-0.2, -0.15) is 87.8 Å². The molecule has 1 radical (unpaired) electrons. The lowest BCUT2D eigenvalue weighted by Gasteiger charge is -2.44. The van der Waals surface area contributed by atoms with Crippen LogP contribution in [-0.2, 0) is 0 Å². The molecule has 0 N–H and O–H groups in total. The molecule has 0 aliphatic carbocycles. The zero-order valence-electron chi connectivity index (χ0n) is 13.9. The van der Waals surface area contributed by atoms with E-state index in [1.165, 1.54) is 0 Å². The van der Waals surface area contributed by atoms with Crippen LogP contribution < -0.4 is 0 Å². The first-order valence-corrected chi connectivity index (χ1v) is 6.75. The highest BCUT2D eigenvalue weighted by molar-refractivity contribution is 5.18. The highest BCUT2D eigenvalue weighted by Crippen LogP contribution is 2.66. The van der Waals surface area contributed by atoms with Crippen LogP contribution in [0, 0.1) is 6.43 Å². The first-order valence-electron chi connectivity index (χ1n) is 6.75. The molecule has 0 unspecified atom stereocenters. The Morgan fingerprint density at radius 1 is 0.364 bits per heavy atom. The lowest BCUT2D eigenvalue weighted by atomic mass is 9.86. The summed E-state index contributed by atoms with van der Waals surface area (Å²) in [5, 5.41) is 0. The van der Waals surface area contributed by atoms with Crippen molar-refractivity contribution in [1.82, 2.24) is 0 Å². The van der Waals surface area contributed by atoms with E-state index < -0.39 is 66.2 Å². The van der Waals surface area contributed by atoms with Crippen molar-refractivity contribution in [1.29, 1.82) is 0 Å². The molecule has 0 saturated heterocycles. The summed E-state index contributed by atoms with van der Waals surface area (Å²) in [7, 11) is 0. The van der Waals surface area contributed by atoms with Gasteiger partial charge in [0.15, 0.2) is 0 Å². The van der Waals surface area contributed by atoms with Crippen molar-refractivity contribution < 1.29 is 96.6 Å². The van der Waals surface area contributed by atoms with Crippen LogP contribution in [0.4, 0.5) is 96.6 Å². The molecule has 0 saturated carbocycles.